The summed E-state index contributed by atoms with van der Waals surface area (Å²) in [5.41, 5.74) is 5.02. The Morgan fingerprint density at radius 2 is 1.07 bits per heavy atom. The van der Waals surface area contributed by atoms with E-state index in [1.54, 1.807) is 16.7 Å². The molecule has 0 heteroatoms. The summed E-state index contributed by atoms with van der Waals surface area (Å²) >= 11 is 0. The minimum absolute atomic E-state index is 1.24. The van der Waals surface area contributed by atoms with Gasteiger partial charge in [-0.1, -0.05) is 89.6 Å². The van der Waals surface area contributed by atoms with E-state index in [4.69, 9.17) is 0 Å². The smallest absolute Gasteiger partial charge is 0.0143 e. The molecule has 0 aliphatic rings. The topological polar surface area (TPSA) is 0 Å². The van der Waals surface area contributed by atoms with Crippen molar-refractivity contribution >= 4 is 21.5 Å². The first-order valence-electron chi connectivity index (χ1n) is 12.2. The molecule has 0 spiro atoms. The number of hydrogen-bond donors (Lipinski definition) is 0. The van der Waals surface area contributed by atoms with Gasteiger partial charge in [0.05, 0.1) is 0 Å². The molecule has 0 unspecified atom stereocenters. The van der Waals surface area contributed by atoms with Gasteiger partial charge in [-0.05, 0) is 88.9 Å². The molecule has 3 rings (SSSR count). The van der Waals surface area contributed by atoms with Crippen LogP contribution in [0, 0.1) is 0 Å². The average Bonchev–Trinajstić information content (AvgIpc) is 2.74. The van der Waals surface area contributed by atoms with Crippen LogP contribution in [0.4, 0.5) is 0 Å². The van der Waals surface area contributed by atoms with Gasteiger partial charge in [0.1, 0.15) is 0 Å². The highest BCUT2D eigenvalue weighted by atomic mass is 14.2. The molecule has 0 fully saturated rings. The summed E-state index contributed by atoms with van der Waals surface area (Å²) in [7, 11) is 0. The van der Waals surface area contributed by atoms with Crippen molar-refractivity contribution < 1.29 is 0 Å². The summed E-state index contributed by atoms with van der Waals surface area (Å²) in [5, 5.41) is 5.74. The fourth-order valence-corrected chi connectivity index (χ4v) is 4.76. The van der Waals surface area contributed by atoms with Crippen LogP contribution in [0.3, 0.4) is 0 Å². The lowest BCUT2D eigenvalue weighted by Crippen LogP contribution is -2.04. The lowest BCUT2D eigenvalue weighted by atomic mass is 9.85. The summed E-state index contributed by atoms with van der Waals surface area (Å²) in [5.74, 6) is 0. The third kappa shape index (κ3) is 5.62. The third-order valence-corrected chi connectivity index (χ3v) is 6.43. The van der Waals surface area contributed by atoms with E-state index in [0.717, 1.165) is 0 Å². The van der Waals surface area contributed by atoms with Crippen molar-refractivity contribution in [2.45, 2.75) is 97.8 Å². The summed E-state index contributed by atoms with van der Waals surface area (Å²) in [6.45, 7) is 6.94. The van der Waals surface area contributed by atoms with Crippen LogP contribution in [-0.4, -0.2) is 0 Å². The van der Waals surface area contributed by atoms with Crippen LogP contribution >= 0.6 is 0 Å². The molecule has 0 aliphatic heterocycles. The van der Waals surface area contributed by atoms with Gasteiger partial charge in [-0.25, -0.2) is 0 Å². The van der Waals surface area contributed by atoms with E-state index >= 15 is 0 Å². The first kappa shape index (κ1) is 21.9. The van der Waals surface area contributed by atoms with Crippen LogP contribution in [0.5, 0.6) is 0 Å². The van der Waals surface area contributed by atoms with Gasteiger partial charge >= 0.3 is 0 Å². The standard InChI is InChI=1S/C29H40/c1-4-7-10-17-25-21-26-20-23-15-13-14-16-24(23)22-29(26)28(19-12-9-6-3)27(25)18-11-8-5-2/h13-16,20-22H,4-12,17-19H2,1-3H3. The van der Waals surface area contributed by atoms with Gasteiger partial charge in [-0.15, -0.1) is 0 Å². The molecule has 0 atom stereocenters. The van der Waals surface area contributed by atoms with Crippen molar-refractivity contribution in [1.29, 1.82) is 0 Å². The molecular weight excluding hydrogens is 348 g/mol. The molecule has 156 valence electrons. The van der Waals surface area contributed by atoms with Crippen molar-refractivity contribution in [3.05, 3.63) is 59.2 Å². The molecule has 0 aliphatic carbocycles. The van der Waals surface area contributed by atoms with E-state index in [9.17, 15) is 0 Å². The Morgan fingerprint density at radius 3 is 1.69 bits per heavy atom. The van der Waals surface area contributed by atoms with Gasteiger partial charge in [0, 0.05) is 0 Å². The van der Waals surface area contributed by atoms with Gasteiger partial charge < -0.3 is 0 Å². The lowest BCUT2D eigenvalue weighted by molar-refractivity contribution is 0.680. The molecule has 3 aromatic carbocycles. The Kier molecular flexibility index (Phi) is 8.59. The van der Waals surface area contributed by atoms with E-state index in [1.807, 2.05) is 0 Å². The fourth-order valence-electron chi connectivity index (χ4n) is 4.76. The maximum Gasteiger partial charge on any atom is -0.0143 e. The highest BCUT2D eigenvalue weighted by Crippen LogP contribution is 2.33. The number of unbranched alkanes of at least 4 members (excludes halogenated alkanes) is 6. The Balaban J connectivity index is 2.12. The summed E-state index contributed by atoms with van der Waals surface area (Å²) in [4.78, 5) is 0. The number of aryl methyl sites for hydroxylation is 2. The van der Waals surface area contributed by atoms with Crippen molar-refractivity contribution in [3.63, 3.8) is 0 Å². The van der Waals surface area contributed by atoms with Crippen LogP contribution in [0.1, 0.15) is 95.2 Å². The predicted molar refractivity (Wildman–Crippen MR) is 131 cm³/mol. The second-order valence-corrected chi connectivity index (χ2v) is 8.78. The number of fused-ring (bicyclic) bond motifs is 2. The van der Waals surface area contributed by atoms with Crippen molar-refractivity contribution in [3.8, 4) is 0 Å². The molecule has 0 saturated heterocycles. The fraction of sp³-hybridized carbons (Fsp3) is 0.517. The first-order chi connectivity index (χ1) is 14.3. The second-order valence-electron chi connectivity index (χ2n) is 8.78. The summed E-state index contributed by atoms with van der Waals surface area (Å²) < 4.78 is 0. The quantitative estimate of drug-likeness (QED) is 0.214. The summed E-state index contributed by atoms with van der Waals surface area (Å²) in [6, 6.07) is 16.3. The third-order valence-electron chi connectivity index (χ3n) is 6.43. The van der Waals surface area contributed by atoms with Crippen molar-refractivity contribution in [2.75, 3.05) is 0 Å². The zero-order valence-corrected chi connectivity index (χ0v) is 19.0. The molecule has 0 nitrogen and oxygen atoms in total. The molecule has 0 radical (unpaired) electrons. The second kappa shape index (κ2) is 11.4. The minimum atomic E-state index is 1.24. The Morgan fingerprint density at radius 1 is 0.517 bits per heavy atom. The number of rotatable bonds is 12. The van der Waals surface area contributed by atoms with Crippen LogP contribution < -0.4 is 0 Å². The van der Waals surface area contributed by atoms with Gasteiger partial charge in [0.15, 0.2) is 0 Å². The molecule has 0 aromatic heterocycles. The van der Waals surface area contributed by atoms with Crippen molar-refractivity contribution in [2.24, 2.45) is 0 Å². The van der Waals surface area contributed by atoms with Gasteiger partial charge in [0.2, 0.25) is 0 Å². The molecule has 3 aromatic rings. The highest BCUT2D eigenvalue weighted by Gasteiger charge is 2.14. The van der Waals surface area contributed by atoms with Gasteiger partial charge in [-0.3, -0.25) is 0 Å². The van der Waals surface area contributed by atoms with E-state index in [-0.39, 0.29) is 0 Å². The first-order valence-corrected chi connectivity index (χ1v) is 12.2. The van der Waals surface area contributed by atoms with Gasteiger partial charge in [-0.2, -0.15) is 0 Å². The number of hydrogen-bond acceptors (Lipinski definition) is 0. The Hall–Kier alpha value is -1.82. The monoisotopic (exact) mass is 388 g/mol. The van der Waals surface area contributed by atoms with E-state index < -0.39 is 0 Å². The van der Waals surface area contributed by atoms with E-state index in [1.165, 1.54) is 98.6 Å². The Labute approximate surface area is 178 Å². The van der Waals surface area contributed by atoms with Crippen LogP contribution in [0.2, 0.25) is 0 Å². The van der Waals surface area contributed by atoms with Crippen LogP contribution in [0.15, 0.2) is 42.5 Å². The van der Waals surface area contributed by atoms with Crippen LogP contribution in [0.25, 0.3) is 21.5 Å². The average molecular weight is 389 g/mol. The normalized spacial score (nSPS) is 11.6. The number of benzene rings is 3. The summed E-state index contributed by atoms with van der Waals surface area (Å²) in [6.07, 6.45) is 15.6. The maximum absolute atomic E-state index is 2.54. The molecule has 0 bridgehead atoms. The highest BCUT2D eigenvalue weighted by molar-refractivity contribution is 6.00. The maximum atomic E-state index is 2.54. The SMILES string of the molecule is CCCCCc1cc2cc3ccccc3cc2c(CCCCC)c1CCCCC. The molecule has 0 heterocycles. The zero-order chi connectivity index (χ0) is 20.5. The largest absolute Gasteiger partial charge is 0.0654 e. The van der Waals surface area contributed by atoms with E-state index in [0.29, 0.717) is 0 Å². The molecule has 0 saturated carbocycles. The molecule has 0 N–H and O–H groups in total. The zero-order valence-electron chi connectivity index (χ0n) is 19.0. The van der Waals surface area contributed by atoms with Crippen molar-refractivity contribution in [1.82, 2.24) is 0 Å². The van der Waals surface area contributed by atoms with E-state index in [2.05, 4.69) is 63.2 Å². The molecule has 0 amide bonds. The molecular formula is C29H40. The lowest BCUT2D eigenvalue weighted by Gasteiger charge is -2.19. The minimum Gasteiger partial charge on any atom is -0.0654 e. The Bertz CT molecular complexity index is 903. The molecule has 29 heavy (non-hydrogen) atoms. The van der Waals surface area contributed by atoms with Gasteiger partial charge in [0.25, 0.3) is 0 Å². The van der Waals surface area contributed by atoms with Crippen LogP contribution in [-0.2, 0) is 19.3 Å². The predicted octanol–water partition coefficient (Wildman–Crippen LogP) is 9.19.